The first-order valence-electron chi connectivity index (χ1n) is 6.33. The van der Waals surface area contributed by atoms with Crippen LogP contribution < -0.4 is 5.73 Å². The molecule has 0 aromatic heterocycles. The third kappa shape index (κ3) is 3.69. The van der Waals surface area contributed by atoms with Gasteiger partial charge in [-0.15, -0.1) is 0 Å². The molecular formula is C13H19ClN2O2S2. The zero-order valence-electron chi connectivity index (χ0n) is 11.8. The second-order valence-corrected chi connectivity index (χ2v) is 7.45. The van der Waals surface area contributed by atoms with Gasteiger partial charge in [-0.1, -0.05) is 30.7 Å². The Balaban J connectivity index is 3.28. The van der Waals surface area contributed by atoms with Crippen molar-refractivity contribution < 1.29 is 8.42 Å². The van der Waals surface area contributed by atoms with Gasteiger partial charge < -0.3 is 5.73 Å². The fraction of sp³-hybridized carbons (Fsp3) is 0.462. The maximum absolute atomic E-state index is 12.6. The van der Waals surface area contributed by atoms with Crippen molar-refractivity contribution in [3.05, 3.63) is 28.8 Å². The van der Waals surface area contributed by atoms with E-state index in [4.69, 9.17) is 29.6 Å². The molecule has 0 aliphatic rings. The zero-order chi connectivity index (χ0) is 15.5. The fourth-order valence-electron chi connectivity index (χ4n) is 1.87. The van der Waals surface area contributed by atoms with E-state index in [2.05, 4.69) is 0 Å². The molecule has 0 saturated heterocycles. The first kappa shape index (κ1) is 17.4. The summed E-state index contributed by atoms with van der Waals surface area (Å²) in [6.45, 7) is 6.10. The van der Waals surface area contributed by atoms with Crippen LogP contribution in [0.25, 0.3) is 0 Å². The summed E-state index contributed by atoms with van der Waals surface area (Å²) < 4.78 is 26.7. The van der Waals surface area contributed by atoms with Gasteiger partial charge in [0.05, 0.1) is 9.92 Å². The molecule has 2 N–H and O–H groups in total. The van der Waals surface area contributed by atoms with Crippen molar-refractivity contribution in [2.24, 2.45) is 5.73 Å². The molecule has 1 aromatic carbocycles. The molecule has 0 bridgehead atoms. The zero-order valence-corrected chi connectivity index (χ0v) is 14.1. The summed E-state index contributed by atoms with van der Waals surface area (Å²) in [5.74, 6) is 0. The second kappa shape index (κ2) is 6.85. The third-order valence-electron chi connectivity index (χ3n) is 2.83. The molecular weight excluding hydrogens is 316 g/mol. The summed E-state index contributed by atoms with van der Waals surface area (Å²) in [6, 6.07) is 4.31. The molecule has 7 heteroatoms. The maximum Gasteiger partial charge on any atom is 0.243 e. The van der Waals surface area contributed by atoms with Gasteiger partial charge in [-0.2, -0.15) is 4.31 Å². The lowest BCUT2D eigenvalue weighted by molar-refractivity contribution is 0.354. The van der Waals surface area contributed by atoms with Crippen molar-refractivity contribution in [1.82, 2.24) is 4.31 Å². The number of sulfonamides is 1. The SMILES string of the molecule is CCCN(C(C)C)S(=O)(=O)c1ccc(C(N)=S)c(Cl)c1. The van der Waals surface area contributed by atoms with Gasteiger partial charge in [0.2, 0.25) is 10.0 Å². The summed E-state index contributed by atoms with van der Waals surface area (Å²) in [6.07, 6.45) is 0.746. The predicted molar refractivity (Wildman–Crippen MR) is 86.7 cm³/mol. The van der Waals surface area contributed by atoms with Crippen molar-refractivity contribution >= 4 is 38.8 Å². The predicted octanol–water partition coefficient (Wildman–Crippen LogP) is 2.78. The highest BCUT2D eigenvalue weighted by Crippen LogP contribution is 2.24. The van der Waals surface area contributed by atoms with Crippen molar-refractivity contribution in [2.45, 2.75) is 38.1 Å². The molecule has 0 aliphatic carbocycles. The first-order chi connectivity index (χ1) is 9.21. The summed E-state index contributed by atoms with van der Waals surface area (Å²) in [4.78, 5) is 0.304. The number of nitrogens with two attached hydrogens (primary N) is 1. The van der Waals surface area contributed by atoms with Crippen molar-refractivity contribution in [1.29, 1.82) is 0 Å². The number of rotatable bonds is 6. The van der Waals surface area contributed by atoms with Crippen LogP contribution in [0.2, 0.25) is 5.02 Å². The van der Waals surface area contributed by atoms with Gasteiger partial charge in [0.15, 0.2) is 0 Å². The Labute approximate surface area is 131 Å². The minimum atomic E-state index is -3.56. The molecule has 0 heterocycles. The van der Waals surface area contributed by atoms with E-state index in [1.807, 2.05) is 20.8 Å². The third-order valence-corrected chi connectivity index (χ3v) is 5.44. The molecule has 0 radical (unpaired) electrons. The molecule has 112 valence electrons. The molecule has 0 saturated carbocycles. The first-order valence-corrected chi connectivity index (χ1v) is 8.55. The lowest BCUT2D eigenvalue weighted by Gasteiger charge is -2.25. The molecule has 0 unspecified atom stereocenters. The van der Waals surface area contributed by atoms with E-state index >= 15 is 0 Å². The van der Waals surface area contributed by atoms with Gasteiger partial charge in [0.1, 0.15) is 4.99 Å². The lowest BCUT2D eigenvalue weighted by Crippen LogP contribution is -2.37. The van der Waals surface area contributed by atoms with E-state index in [0.717, 1.165) is 6.42 Å². The van der Waals surface area contributed by atoms with E-state index in [-0.39, 0.29) is 20.9 Å². The van der Waals surface area contributed by atoms with Crippen LogP contribution in [0.3, 0.4) is 0 Å². The normalized spacial score (nSPS) is 12.1. The van der Waals surface area contributed by atoms with Crippen LogP contribution in [0, 0.1) is 0 Å². The Kier molecular flexibility index (Phi) is 5.94. The molecule has 0 atom stereocenters. The molecule has 20 heavy (non-hydrogen) atoms. The molecule has 0 spiro atoms. The highest BCUT2D eigenvalue weighted by Gasteiger charge is 2.26. The Hall–Kier alpha value is -0.690. The van der Waals surface area contributed by atoms with Crippen molar-refractivity contribution in [3.63, 3.8) is 0 Å². The van der Waals surface area contributed by atoms with Gasteiger partial charge in [0.25, 0.3) is 0 Å². The number of hydrogen-bond acceptors (Lipinski definition) is 3. The average Bonchev–Trinajstić information content (AvgIpc) is 2.34. The summed E-state index contributed by atoms with van der Waals surface area (Å²) >= 11 is 10.9. The Morgan fingerprint density at radius 1 is 1.45 bits per heavy atom. The van der Waals surface area contributed by atoms with E-state index in [1.165, 1.54) is 16.4 Å². The second-order valence-electron chi connectivity index (χ2n) is 4.72. The Bertz CT molecular complexity index is 600. The van der Waals surface area contributed by atoms with Crippen LogP contribution in [0.1, 0.15) is 32.8 Å². The highest BCUT2D eigenvalue weighted by atomic mass is 35.5. The van der Waals surface area contributed by atoms with Crippen molar-refractivity contribution in [3.8, 4) is 0 Å². The number of benzene rings is 1. The molecule has 0 amide bonds. The van der Waals surface area contributed by atoms with Crippen LogP contribution in [0.5, 0.6) is 0 Å². The highest BCUT2D eigenvalue weighted by molar-refractivity contribution is 7.89. The molecule has 4 nitrogen and oxygen atoms in total. The molecule has 0 fully saturated rings. The van der Waals surface area contributed by atoms with Crippen molar-refractivity contribution in [2.75, 3.05) is 6.54 Å². The van der Waals surface area contributed by atoms with Gasteiger partial charge in [-0.3, -0.25) is 0 Å². The topological polar surface area (TPSA) is 63.4 Å². The molecule has 0 aliphatic heterocycles. The summed E-state index contributed by atoms with van der Waals surface area (Å²) in [5.41, 5.74) is 6.00. The van der Waals surface area contributed by atoms with Gasteiger partial charge >= 0.3 is 0 Å². The van der Waals surface area contributed by atoms with E-state index in [1.54, 1.807) is 6.07 Å². The fourth-order valence-corrected chi connectivity index (χ4v) is 4.20. The van der Waals surface area contributed by atoms with Crippen LogP contribution in [0.15, 0.2) is 23.1 Å². The van der Waals surface area contributed by atoms with E-state index in [0.29, 0.717) is 12.1 Å². The van der Waals surface area contributed by atoms with E-state index in [9.17, 15) is 8.42 Å². The summed E-state index contributed by atoms with van der Waals surface area (Å²) in [5, 5.41) is 0.249. The quantitative estimate of drug-likeness (QED) is 0.812. The van der Waals surface area contributed by atoms with E-state index < -0.39 is 10.0 Å². The van der Waals surface area contributed by atoms with Crippen LogP contribution >= 0.6 is 23.8 Å². The van der Waals surface area contributed by atoms with Gasteiger partial charge in [-0.25, -0.2) is 8.42 Å². The minimum absolute atomic E-state index is 0.117. The largest absolute Gasteiger partial charge is 0.389 e. The smallest absolute Gasteiger partial charge is 0.243 e. The molecule has 1 rings (SSSR count). The van der Waals surface area contributed by atoms with Crippen LogP contribution in [-0.2, 0) is 10.0 Å². The number of nitrogens with zero attached hydrogens (tertiary/aromatic N) is 1. The van der Waals surface area contributed by atoms with Crippen LogP contribution in [-0.4, -0.2) is 30.3 Å². The number of halogens is 1. The van der Waals surface area contributed by atoms with Gasteiger partial charge in [0, 0.05) is 18.2 Å². The van der Waals surface area contributed by atoms with Crippen LogP contribution in [0.4, 0.5) is 0 Å². The molecule has 1 aromatic rings. The standard InChI is InChI=1S/C13H19ClN2O2S2/c1-4-7-16(9(2)3)20(17,18)10-5-6-11(13(15)19)12(14)8-10/h5-6,8-9H,4,7H2,1-3H3,(H2,15,19). The Morgan fingerprint density at radius 2 is 2.05 bits per heavy atom. The lowest BCUT2D eigenvalue weighted by atomic mass is 10.2. The Morgan fingerprint density at radius 3 is 2.45 bits per heavy atom. The number of hydrogen-bond donors (Lipinski definition) is 1. The number of thiocarbonyl (C=S) groups is 1. The summed E-state index contributed by atoms with van der Waals surface area (Å²) in [7, 11) is -3.56. The maximum atomic E-state index is 12.6. The monoisotopic (exact) mass is 334 g/mol. The van der Waals surface area contributed by atoms with Gasteiger partial charge in [-0.05, 0) is 38.5 Å². The average molecular weight is 335 g/mol. The minimum Gasteiger partial charge on any atom is -0.389 e.